The summed E-state index contributed by atoms with van der Waals surface area (Å²) in [6, 6.07) is 4.24. The summed E-state index contributed by atoms with van der Waals surface area (Å²) in [5.41, 5.74) is 6.09. The zero-order valence-corrected chi connectivity index (χ0v) is 11.4. The van der Waals surface area contributed by atoms with E-state index in [4.69, 9.17) is 11.0 Å². The summed E-state index contributed by atoms with van der Waals surface area (Å²) < 4.78 is 0. The zero-order chi connectivity index (χ0) is 13.7. The first-order chi connectivity index (χ1) is 9.27. The minimum Gasteiger partial charge on any atom is -0.334 e. The highest BCUT2D eigenvalue weighted by Crippen LogP contribution is 2.30. The first-order valence-corrected chi connectivity index (χ1v) is 7.10. The molecule has 19 heavy (non-hydrogen) atoms. The molecule has 1 heterocycles. The number of nitrogens with two attached hydrogens (primary N) is 1. The van der Waals surface area contributed by atoms with Crippen LogP contribution in [0.15, 0.2) is 11.4 Å². The molecule has 1 aliphatic rings. The molecule has 1 aliphatic carbocycles. The topological polar surface area (TPSA) is 70.1 Å². The minimum absolute atomic E-state index is 0.00549. The van der Waals surface area contributed by atoms with Crippen molar-refractivity contribution in [2.24, 2.45) is 5.73 Å². The second-order valence-corrected chi connectivity index (χ2v) is 5.22. The Hall–Kier alpha value is -1.82. The molecule has 1 aromatic heterocycles. The Kier molecular flexibility index (Phi) is 4.57. The van der Waals surface area contributed by atoms with Crippen LogP contribution in [0.5, 0.6) is 0 Å². The Morgan fingerprint density at radius 2 is 2.37 bits per heavy atom. The first kappa shape index (κ1) is 13.6. The van der Waals surface area contributed by atoms with E-state index in [9.17, 15) is 4.79 Å². The number of hydrogen-bond donors (Lipinski definition) is 1. The Morgan fingerprint density at radius 3 is 3.00 bits per heavy atom. The molecule has 1 amide bonds. The highest BCUT2D eigenvalue weighted by Gasteiger charge is 2.33. The average Bonchev–Trinajstić information content (AvgIpc) is 3.14. The van der Waals surface area contributed by atoms with Gasteiger partial charge in [-0.3, -0.25) is 4.79 Å². The van der Waals surface area contributed by atoms with E-state index in [2.05, 4.69) is 17.9 Å². The van der Waals surface area contributed by atoms with E-state index in [1.165, 1.54) is 11.3 Å². The molecule has 0 unspecified atom stereocenters. The highest BCUT2D eigenvalue weighted by atomic mass is 32.1. The third kappa shape index (κ3) is 3.35. The molecule has 5 heteroatoms. The lowest BCUT2D eigenvalue weighted by molar-refractivity contribution is 0.0751. The van der Waals surface area contributed by atoms with Crippen molar-refractivity contribution in [2.45, 2.75) is 25.3 Å². The molecule has 1 aromatic rings. The van der Waals surface area contributed by atoms with Crippen molar-refractivity contribution >= 4 is 17.2 Å². The summed E-state index contributed by atoms with van der Waals surface area (Å²) in [6.07, 6.45) is 2.44. The zero-order valence-electron chi connectivity index (χ0n) is 10.6. The maximum absolute atomic E-state index is 12.5. The molecule has 2 N–H and O–H groups in total. The van der Waals surface area contributed by atoms with Gasteiger partial charge in [-0.25, -0.2) is 0 Å². The van der Waals surface area contributed by atoms with Gasteiger partial charge >= 0.3 is 0 Å². The van der Waals surface area contributed by atoms with Crippen LogP contribution in [0.1, 0.15) is 34.5 Å². The van der Waals surface area contributed by atoms with Crippen LogP contribution in [-0.2, 0) is 0 Å². The van der Waals surface area contributed by atoms with Gasteiger partial charge in [-0.1, -0.05) is 11.8 Å². The van der Waals surface area contributed by atoms with Crippen molar-refractivity contribution in [1.82, 2.24) is 4.90 Å². The molecule has 0 aromatic carbocycles. The van der Waals surface area contributed by atoms with Crippen molar-refractivity contribution in [2.75, 3.05) is 13.1 Å². The number of thiophene rings is 1. The minimum atomic E-state index is -0.00549. The lowest BCUT2D eigenvalue weighted by Crippen LogP contribution is -2.33. The van der Waals surface area contributed by atoms with E-state index in [1.54, 1.807) is 0 Å². The van der Waals surface area contributed by atoms with Gasteiger partial charge in [0.05, 0.1) is 19.0 Å². The molecule has 0 bridgehead atoms. The number of carbonyl (C=O) groups is 1. The van der Waals surface area contributed by atoms with Crippen LogP contribution in [-0.4, -0.2) is 29.9 Å². The average molecular weight is 273 g/mol. The van der Waals surface area contributed by atoms with E-state index < -0.39 is 0 Å². The van der Waals surface area contributed by atoms with E-state index in [-0.39, 0.29) is 12.5 Å². The van der Waals surface area contributed by atoms with Gasteiger partial charge in [-0.2, -0.15) is 5.26 Å². The largest absolute Gasteiger partial charge is 0.334 e. The van der Waals surface area contributed by atoms with Crippen molar-refractivity contribution in [3.05, 3.63) is 21.9 Å². The van der Waals surface area contributed by atoms with Crippen LogP contribution >= 0.6 is 11.3 Å². The van der Waals surface area contributed by atoms with Gasteiger partial charge in [-0.15, -0.1) is 11.3 Å². The lowest BCUT2D eigenvalue weighted by Gasteiger charge is -2.20. The van der Waals surface area contributed by atoms with Gasteiger partial charge in [0.25, 0.3) is 5.91 Å². The molecular formula is C14H15N3OS. The molecule has 0 spiro atoms. The van der Waals surface area contributed by atoms with Gasteiger partial charge in [0.15, 0.2) is 0 Å². The van der Waals surface area contributed by atoms with Crippen molar-refractivity contribution < 1.29 is 4.79 Å². The van der Waals surface area contributed by atoms with E-state index in [1.807, 2.05) is 16.3 Å². The molecule has 2 rings (SSSR count). The Labute approximate surface area is 116 Å². The molecule has 0 radical (unpaired) electrons. The first-order valence-electron chi connectivity index (χ1n) is 6.22. The van der Waals surface area contributed by atoms with Gasteiger partial charge < -0.3 is 10.6 Å². The number of nitrogens with zero attached hydrogens (tertiary/aromatic N) is 2. The van der Waals surface area contributed by atoms with Gasteiger partial charge in [0, 0.05) is 18.2 Å². The Morgan fingerprint density at radius 1 is 1.58 bits per heavy atom. The summed E-state index contributed by atoms with van der Waals surface area (Å²) in [5.74, 6) is 5.70. The fourth-order valence-corrected chi connectivity index (χ4v) is 2.66. The number of amides is 1. The van der Waals surface area contributed by atoms with Gasteiger partial charge in [0.2, 0.25) is 0 Å². The maximum atomic E-state index is 12.5. The molecule has 98 valence electrons. The molecule has 0 atom stereocenters. The van der Waals surface area contributed by atoms with E-state index in [0.29, 0.717) is 23.9 Å². The smallest absolute Gasteiger partial charge is 0.265 e. The number of carbonyl (C=O) groups excluding carboxylic acids is 1. The third-order valence-corrected chi connectivity index (χ3v) is 3.80. The third-order valence-electron chi connectivity index (χ3n) is 2.90. The van der Waals surface area contributed by atoms with E-state index in [0.717, 1.165) is 18.4 Å². The number of hydrogen-bond acceptors (Lipinski definition) is 4. The molecule has 0 aliphatic heterocycles. The predicted molar refractivity (Wildman–Crippen MR) is 74.5 cm³/mol. The molecular weight excluding hydrogens is 258 g/mol. The normalized spacial score (nSPS) is 13.3. The summed E-state index contributed by atoms with van der Waals surface area (Å²) >= 11 is 1.40. The fraction of sp³-hybridized carbons (Fsp3) is 0.429. The number of rotatable bonds is 4. The van der Waals surface area contributed by atoms with E-state index >= 15 is 0 Å². The number of nitriles is 1. The summed E-state index contributed by atoms with van der Waals surface area (Å²) in [7, 11) is 0. The molecule has 0 saturated heterocycles. The quantitative estimate of drug-likeness (QED) is 0.847. The van der Waals surface area contributed by atoms with Crippen LogP contribution in [0.4, 0.5) is 0 Å². The fourth-order valence-electron chi connectivity index (χ4n) is 1.86. The standard InChI is InChI=1S/C14H15N3OS/c15-7-1-3-11-6-10-19-13(11)14(18)17(9-2-8-16)12-4-5-12/h6,10,12H,2,4-5,7,9,15H2. The second-order valence-electron chi connectivity index (χ2n) is 4.31. The van der Waals surface area contributed by atoms with Crippen LogP contribution in [0.3, 0.4) is 0 Å². The summed E-state index contributed by atoms with van der Waals surface area (Å²) in [4.78, 5) is 15.0. The van der Waals surface area contributed by atoms with Crippen molar-refractivity contribution in [1.29, 1.82) is 5.26 Å². The van der Waals surface area contributed by atoms with Crippen molar-refractivity contribution in [3.63, 3.8) is 0 Å². The summed E-state index contributed by atoms with van der Waals surface area (Å²) in [5, 5.41) is 10.5. The highest BCUT2D eigenvalue weighted by molar-refractivity contribution is 7.12. The SMILES string of the molecule is N#CCCN(C(=O)c1sccc1C#CCN)C1CC1. The second kappa shape index (κ2) is 6.38. The summed E-state index contributed by atoms with van der Waals surface area (Å²) in [6.45, 7) is 0.784. The van der Waals surface area contributed by atoms with Crippen LogP contribution < -0.4 is 5.73 Å². The molecule has 4 nitrogen and oxygen atoms in total. The van der Waals surface area contributed by atoms with Crippen LogP contribution in [0.25, 0.3) is 0 Å². The lowest BCUT2D eigenvalue weighted by atomic mass is 10.2. The molecule has 1 fully saturated rings. The maximum Gasteiger partial charge on any atom is 0.265 e. The Bertz CT molecular complexity index is 557. The molecule has 1 saturated carbocycles. The van der Waals surface area contributed by atoms with Gasteiger partial charge in [-0.05, 0) is 24.3 Å². The van der Waals surface area contributed by atoms with Gasteiger partial charge in [0.1, 0.15) is 4.88 Å². The monoisotopic (exact) mass is 273 g/mol. The van der Waals surface area contributed by atoms with Crippen LogP contribution in [0, 0.1) is 23.2 Å². The predicted octanol–water partition coefficient (Wildman–Crippen LogP) is 1.58. The van der Waals surface area contributed by atoms with Crippen molar-refractivity contribution in [3.8, 4) is 17.9 Å². The Balaban J connectivity index is 2.17. The van der Waals surface area contributed by atoms with Crippen LogP contribution in [0.2, 0.25) is 0 Å².